The van der Waals surface area contributed by atoms with E-state index in [1.165, 1.54) is 23.8 Å². The lowest BCUT2D eigenvalue weighted by Gasteiger charge is -2.15. The molecule has 160 valence electrons. The second-order valence-corrected chi connectivity index (χ2v) is 8.55. The van der Waals surface area contributed by atoms with Crippen molar-refractivity contribution < 1.29 is 21.9 Å². The third-order valence-corrected chi connectivity index (χ3v) is 6.17. The molecule has 0 aromatic heterocycles. The van der Waals surface area contributed by atoms with Gasteiger partial charge >= 0.3 is 6.61 Å². The Morgan fingerprint density at radius 3 is 2.59 bits per heavy atom. The van der Waals surface area contributed by atoms with Crippen molar-refractivity contribution >= 4 is 28.1 Å². The van der Waals surface area contributed by atoms with Crippen LogP contribution in [0.1, 0.15) is 31.2 Å². The van der Waals surface area contributed by atoms with E-state index in [2.05, 4.69) is 21.3 Å². The van der Waals surface area contributed by atoms with Crippen LogP contribution in [0.4, 0.5) is 14.5 Å². The number of nitrogens with one attached hydrogen (secondary N) is 1. The standard InChI is InChI=1S/C20H24F2N2O3S.ClH/c1-2-11-24-12-10-16(14-24)15-6-8-17(9-7-15)23-28(25,26)19-5-3-4-18(13-19)27-20(21)22;/h3-9,13,16,20,23H,2,10-12,14H2,1H3;1H/t16-;/m1./s1. The highest BCUT2D eigenvalue weighted by Crippen LogP contribution is 2.29. The molecule has 1 N–H and O–H groups in total. The molecule has 0 aliphatic carbocycles. The molecule has 3 rings (SSSR count). The van der Waals surface area contributed by atoms with Crippen molar-refractivity contribution in [3.8, 4) is 5.75 Å². The molecule has 0 saturated carbocycles. The minimum Gasteiger partial charge on any atom is -0.435 e. The number of sulfonamides is 1. The molecule has 1 atom stereocenters. The van der Waals surface area contributed by atoms with E-state index in [1.807, 2.05) is 12.1 Å². The van der Waals surface area contributed by atoms with Crippen LogP contribution >= 0.6 is 12.4 Å². The summed E-state index contributed by atoms with van der Waals surface area (Å²) in [7, 11) is -3.90. The van der Waals surface area contributed by atoms with Gasteiger partial charge in [-0.25, -0.2) is 8.42 Å². The highest BCUT2D eigenvalue weighted by Gasteiger charge is 2.23. The zero-order valence-electron chi connectivity index (χ0n) is 16.1. The molecule has 1 aliphatic heterocycles. The fourth-order valence-electron chi connectivity index (χ4n) is 3.48. The van der Waals surface area contributed by atoms with Crippen LogP contribution in [0.15, 0.2) is 53.4 Å². The van der Waals surface area contributed by atoms with Crippen LogP contribution in [0.5, 0.6) is 5.75 Å². The predicted molar refractivity (Wildman–Crippen MR) is 112 cm³/mol. The van der Waals surface area contributed by atoms with E-state index in [4.69, 9.17) is 0 Å². The second-order valence-electron chi connectivity index (χ2n) is 6.87. The first kappa shape index (κ1) is 23.4. The normalized spacial score (nSPS) is 17.2. The topological polar surface area (TPSA) is 58.6 Å². The van der Waals surface area contributed by atoms with E-state index in [1.54, 1.807) is 12.1 Å². The highest BCUT2D eigenvalue weighted by molar-refractivity contribution is 7.92. The number of ether oxygens (including phenoxy) is 1. The molecule has 1 saturated heterocycles. The maximum absolute atomic E-state index is 12.5. The highest BCUT2D eigenvalue weighted by atomic mass is 35.5. The molecule has 1 heterocycles. The van der Waals surface area contributed by atoms with Gasteiger partial charge in [0.2, 0.25) is 0 Å². The molecule has 29 heavy (non-hydrogen) atoms. The quantitative estimate of drug-likeness (QED) is 0.638. The molecule has 0 radical (unpaired) electrons. The van der Waals surface area contributed by atoms with Gasteiger partial charge in [-0.05, 0) is 61.7 Å². The predicted octanol–water partition coefficient (Wildman–Crippen LogP) is 4.71. The van der Waals surface area contributed by atoms with E-state index in [9.17, 15) is 17.2 Å². The number of benzene rings is 2. The summed E-state index contributed by atoms with van der Waals surface area (Å²) in [5.41, 5.74) is 1.61. The van der Waals surface area contributed by atoms with Gasteiger partial charge in [0.1, 0.15) is 5.75 Å². The van der Waals surface area contributed by atoms with Crippen molar-refractivity contribution in [2.24, 2.45) is 0 Å². The van der Waals surface area contributed by atoms with Gasteiger partial charge in [0.25, 0.3) is 10.0 Å². The molecular weight excluding hydrogens is 422 g/mol. The van der Waals surface area contributed by atoms with Gasteiger partial charge in [-0.2, -0.15) is 8.78 Å². The smallest absolute Gasteiger partial charge is 0.387 e. The van der Waals surface area contributed by atoms with E-state index >= 15 is 0 Å². The fourth-order valence-corrected chi connectivity index (χ4v) is 4.57. The summed E-state index contributed by atoms with van der Waals surface area (Å²) in [6.07, 6.45) is 2.24. The van der Waals surface area contributed by atoms with Gasteiger partial charge in [0.15, 0.2) is 0 Å². The first-order chi connectivity index (χ1) is 13.4. The maximum Gasteiger partial charge on any atom is 0.387 e. The third-order valence-electron chi connectivity index (χ3n) is 4.79. The first-order valence-corrected chi connectivity index (χ1v) is 10.8. The minimum absolute atomic E-state index is 0. The molecule has 9 heteroatoms. The molecular formula is C20H25ClF2N2O3S. The monoisotopic (exact) mass is 446 g/mol. The number of likely N-dealkylation sites (tertiary alicyclic amines) is 1. The Morgan fingerprint density at radius 2 is 1.93 bits per heavy atom. The van der Waals surface area contributed by atoms with Crippen LogP contribution in [0, 0.1) is 0 Å². The number of hydrogen-bond acceptors (Lipinski definition) is 4. The Balaban J connectivity index is 0.00000300. The lowest BCUT2D eigenvalue weighted by atomic mass is 9.98. The summed E-state index contributed by atoms with van der Waals surface area (Å²) < 4.78 is 56.5. The van der Waals surface area contributed by atoms with Crippen LogP contribution in [0.25, 0.3) is 0 Å². The van der Waals surface area contributed by atoms with Crippen LogP contribution in [-0.2, 0) is 10.0 Å². The van der Waals surface area contributed by atoms with Gasteiger partial charge in [-0.1, -0.05) is 25.1 Å². The fraction of sp³-hybridized carbons (Fsp3) is 0.400. The lowest BCUT2D eigenvalue weighted by molar-refractivity contribution is -0.0499. The summed E-state index contributed by atoms with van der Waals surface area (Å²) in [5.74, 6) is 0.256. The Bertz CT molecular complexity index is 895. The SMILES string of the molecule is CCCN1CC[C@@H](c2ccc(NS(=O)(=O)c3cccc(OC(F)F)c3)cc2)C1.Cl. The molecule has 2 aromatic carbocycles. The number of hydrogen-bond donors (Lipinski definition) is 1. The van der Waals surface area contributed by atoms with Crippen LogP contribution in [0.3, 0.4) is 0 Å². The van der Waals surface area contributed by atoms with E-state index in [-0.39, 0.29) is 23.1 Å². The summed E-state index contributed by atoms with van der Waals surface area (Å²) in [5, 5.41) is 0. The van der Waals surface area contributed by atoms with Crippen LogP contribution in [0.2, 0.25) is 0 Å². The molecule has 2 aromatic rings. The second kappa shape index (κ2) is 10.2. The number of anilines is 1. The Kier molecular flexibility index (Phi) is 8.24. The van der Waals surface area contributed by atoms with E-state index < -0.39 is 16.6 Å². The van der Waals surface area contributed by atoms with Gasteiger partial charge in [-0.3, -0.25) is 4.72 Å². The molecule has 1 aliphatic rings. The molecule has 0 unspecified atom stereocenters. The van der Waals surface area contributed by atoms with Crippen molar-refractivity contribution in [1.29, 1.82) is 0 Å². The summed E-state index contributed by atoms with van der Waals surface area (Å²) in [6, 6.07) is 12.4. The van der Waals surface area contributed by atoms with Crippen molar-refractivity contribution in [2.75, 3.05) is 24.4 Å². The first-order valence-electron chi connectivity index (χ1n) is 9.27. The average Bonchev–Trinajstić information content (AvgIpc) is 3.11. The number of halogens is 3. The number of alkyl halides is 2. The molecule has 0 spiro atoms. The third kappa shape index (κ3) is 6.29. The Hall–Kier alpha value is -1.90. The van der Waals surface area contributed by atoms with E-state index in [0.29, 0.717) is 11.6 Å². The Labute approximate surface area is 176 Å². The van der Waals surface area contributed by atoms with Crippen LogP contribution in [-0.4, -0.2) is 39.6 Å². The van der Waals surface area contributed by atoms with Gasteiger partial charge in [-0.15, -0.1) is 12.4 Å². The number of rotatable bonds is 8. The Morgan fingerprint density at radius 1 is 1.21 bits per heavy atom. The van der Waals surface area contributed by atoms with Crippen molar-refractivity contribution in [2.45, 2.75) is 37.2 Å². The number of nitrogens with zero attached hydrogens (tertiary/aromatic N) is 1. The molecule has 0 bridgehead atoms. The molecule has 0 amide bonds. The summed E-state index contributed by atoms with van der Waals surface area (Å²) in [6.45, 7) is 2.37. The molecule has 1 fully saturated rings. The van der Waals surface area contributed by atoms with Crippen molar-refractivity contribution in [3.05, 3.63) is 54.1 Å². The average molecular weight is 447 g/mol. The zero-order chi connectivity index (χ0) is 20.1. The van der Waals surface area contributed by atoms with Crippen LogP contribution < -0.4 is 9.46 Å². The van der Waals surface area contributed by atoms with Gasteiger partial charge in [0, 0.05) is 18.3 Å². The van der Waals surface area contributed by atoms with Gasteiger partial charge < -0.3 is 9.64 Å². The van der Waals surface area contributed by atoms with Crippen molar-refractivity contribution in [1.82, 2.24) is 4.90 Å². The van der Waals surface area contributed by atoms with Crippen molar-refractivity contribution in [3.63, 3.8) is 0 Å². The summed E-state index contributed by atoms with van der Waals surface area (Å²) in [4.78, 5) is 2.30. The minimum atomic E-state index is -3.90. The summed E-state index contributed by atoms with van der Waals surface area (Å²) >= 11 is 0. The van der Waals surface area contributed by atoms with E-state index in [0.717, 1.165) is 38.5 Å². The largest absolute Gasteiger partial charge is 0.435 e. The molecule has 5 nitrogen and oxygen atoms in total. The zero-order valence-corrected chi connectivity index (χ0v) is 17.7. The lowest BCUT2D eigenvalue weighted by Crippen LogP contribution is -2.20. The maximum atomic E-state index is 12.5. The van der Waals surface area contributed by atoms with Gasteiger partial charge in [0.05, 0.1) is 4.90 Å².